The zero-order valence-electron chi connectivity index (χ0n) is 20.0. The number of anilines is 1. The van der Waals surface area contributed by atoms with Crippen molar-refractivity contribution < 1.29 is 9.59 Å². The summed E-state index contributed by atoms with van der Waals surface area (Å²) >= 11 is 6.00. The molecule has 5 rings (SSSR count). The van der Waals surface area contributed by atoms with Gasteiger partial charge in [-0.15, -0.1) is 0 Å². The van der Waals surface area contributed by atoms with E-state index in [1.165, 1.54) is 12.8 Å². The minimum absolute atomic E-state index is 0.0896. The summed E-state index contributed by atoms with van der Waals surface area (Å²) in [6, 6.07) is 8.03. The van der Waals surface area contributed by atoms with E-state index in [2.05, 4.69) is 10.2 Å². The van der Waals surface area contributed by atoms with Gasteiger partial charge in [0.15, 0.2) is 0 Å². The second-order valence-corrected chi connectivity index (χ2v) is 10.4. The number of nitrogens with one attached hydrogen (secondary N) is 1. The number of aromatic nitrogens is 1. The predicted molar refractivity (Wildman–Crippen MR) is 137 cm³/mol. The zero-order chi connectivity index (χ0) is 24.4. The van der Waals surface area contributed by atoms with Gasteiger partial charge in [0.05, 0.1) is 0 Å². The van der Waals surface area contributed by atoms with Crippen molar-refractivity contribution in [2.24, 2.45) is 0 Å². The highest BCUT2D eigenvalue weighted by molar-refractivity contribution is 6.30. The van der Waals surface area contributed by atoms with Crippen LogP contribution >= 0.6 is 11.6 Å². The third-order valence-corrected chi connectivity index (χ3v) is 7.69. The Hall–Kier alpha value is -2.80. The maximum Gasteiger partial charge on any atom is 0.259 e. The highest BCUT2D eigenvalue weighted by Gasteiger charge is 2.30. The van der Waals surface area contributed by atoms with Crippen LogP contribution in [0, 0.1) is 0 Å². The van der Waals surface area contributed by atoms with E-state index in [9.17, 15) is 14.4 Å². The Kier molecular flexibility index (Phi) is 7.14. The van der Waals surface area contributed by atoms with Crippen molar-refractivity contribution in [3.63, 3.8) is 0 Å². The number of nitrogens with zero attached hydrogens (tertiary/aromatic N) is 3. The van der Waals surface area contributed by atoms with Crippen LogP contribution in [0.5, 0.6) is 0 Å². The quantitative estimate of drug-likeness (QED) is 0.628. The lowest BCUT2D eigenvalue weighted by molar-refractivity contribution is 0.0744. The molecule has 186 valence electrons. The van der Waals surface area contributed by atoms with Crippen LogP contribution in [0.3, 0.4) is 0 Å². The van der Waals surface area contributed by atoms with Crippen molar-refractivity contribution in [3.8, 4) is 0 Å². The van der Waals surface area contributed by atoms with E-state index in [4.69, 9.17) is 11.6 Å². The number of carbonyl (C=O) groups is 2. The number of benzene rings is 1. The van der Waals surface area contributed by atoms with Gasteiger partial charge in [0.2, 0.25) is 5.43 Å². The van der Waals surface area contributed by atoms with Gasteiger partial charge in [-0.05, 0) is 49.9 Å². The highest BCUT2D eigenvalue weighted by Crippen LogP contribution is 2.34. The normalized spacial score (nSPS) is 19.3. The maximum absolute atomic E-state index is 13.5. The summed E-state index contributed by atoms with van der Waals surface area (Å²) in [6.07, 6.45) is 11.8. The Bertz CT molecular complexity index is 1130. The Morgan fingerprint density at radius 2 is 1.46 bits per heavy atom. The SMILES string of the molecule is O=C(NC1CCCCCC1)c1cn(C2CC2)cc(C(=O)N2CCN(c3ccc(Cl)cc3)CC2)c1=O. The first-order chi connectivity index (χ1) is 17.0. The third-order valence-electron chi connectivity index (χ3n) is 7.44. The summed E-state index contributed by atoms with van der Waals surface area (Å²) in [5.74, 6) is -0.636. The van der Waals surface area contributed by atoms with E-state index in [0.29, 0.717) is 31.2 Å². The van der Waals surface area contributed by atoms with Crippen LogP contribution < -0.4 is 15.6 Å². The minimum atomic E-state index is -0.460. The number of hydrogen-bond donors (Lipinski definition) is 1. The second-order valence-electron chi connectivity index (χ2n) is 10.0. The summed E-state index contributed by atoms with van der Waals surface area (Å²) in [5, 5.41) is 3.77. The molecular formula is C27H33ClN4O3. The van der Waals surface area contributed by atoms with Gasteiger partial charge >= 0.3 is 0 Å². The highest BCUT2D eigenvalue weighted by atomic mass is 35.5. The standard InChI is InChI=1S/C27H33ClN4O3/c28-19-7-9-21(10-8-19)30-13-15-31(16-14-30)27(35)24-18-32(22-11-12-22)17-23(25(24)33)26(34)29-20-5-3-1-2-4-6-20/h7-10,17-18,20,22H,1-6,11-16H2,(H,29,34). The molecule has 8 heteroatoms. The molecular weight excluding hydrogens is 464 g/mol. The molecule has 3 aliphatic rings. The van der Waals surface area contributed by atoms with Gasteiger partial charge in [-0.3, -0.25) is 14.4 Å². The molecule has 1 N–H and O–H groups in total. The Labute approximate surface area is 211 Å². The van der Waals surface area contributed by atoms with Crippen LogP contribution in [0.15, 0.2) is 41.5 Å². The molecule has 2 saturated carbocycles. The Balaban J connectivity index is 1.33. The fourth-order valence-electron chi connectivity index (χ4n) is 5.17. The van der Waals surface area contributed by atoms with Gasteiger partial charge in [0.1, 0.15) is 11.1 Å². The maximum atomic E-state index is 13.5. The molecule has 1 aromatic carbocycles. The van der Waals surface area contributed by atoms with E-state index in [1.54, 1.807) is 17.3 Å². The average Bonchev–Trinajstić information content (AvgIpc) is 3.73. The lowest BCUT2D eigenvalue weighted by atomic mass is 10.1. The van der Waals surface area contributed by atoms with E-state index in [0.717, 1.165) is 44.2 Å². The second kappa shape index (κ2) is 10.4. The summed E-state index contributed by atoms with van der Waals surface area (Å²) in [4.78, 5) is 43.9. The molecule has 7 nitrogen and oxygen atoms in total. The largest absolute Gasteiger partial charge is 0.368 e. The molecule has 2 aliphatic carbocycles. The van der Waals surface area contributed by atoms with Gasteiger partial charge < -0.3 is 19.7 Å². The lowest BCUT2D eigenvalue weighted by Crippen LogP contribution is -2.50. The number of pyridine rings is 1. The van der Waals surface area contributed by atoms with Crippen molar-refractivity contribution in [2.45, 2.75) is 63.5 Å². The summed E-state index contributed by atoms with van der Waals surface area (Å²) < 4.78 is 1.90. The fourth-order valence-corrected chi connectivity index (χ4v) is 5.30. The first-order valence-corrected chi connectivity index (χ1v) is 13.2. The van der Waals surface area contributed by atoms with Crippen molar-refractivity contribution >= 4 is 29.1 Å². The monoisotopic (exact) mass is 496 g/mol. The smallest absolute Gasteiger partial charge is 0.259 e. The molecule has 1 aromatic heterocycles. The predicted octanol–water partition coefficient (Wildman–Crippen LogP) is 4.25. The zero-order valence-corrected chi connectivity index (χ0v) is 20.8. The molecule has 3 fully saturated rings. The van der Waals surface area contributed by atoms with Crippen molar-refractivity contribution in [2.75, 3.05) is 31.1 Å². The van der Waals surface area contributed by atoms with E-state index < -0.39 is 5.43 Å². The molecule has 35 heavy (non-hydrogen) atoms. The first kappa shape index (κ1) is 23.9. The molecule has 2 amide bonds. The summed E-state index contributed by atoms with van der Waals surface area (Å²) in [7, 11) is 0. The molecule has 0 atom stereocenters. The number of rotatable bonds is 5. The first-order valence-electron chi connectivity index (χ1n) is 12.9. The van der Waals surface area contributed by atoms with Crippen LogP contribution in [0.25, 0.3) is 0 Å². The number of halogens is 1. The van der Waals surface area contributed by atoms with Crippen molar-refractivity contribution in [1.82, 2.24) is 14.8 Å². The third kappa shape index (κ3) is 5.56. The van der Waals surface area contributed by atoms with Gasteiger partial charge in [-0.25, -0.2) is 0 Å². The molecule has 1 saturated heterocycles. The van der Waals surface area contributed by atoms with Gasteiger partial charge in [0.25, 0.3) is 11.8 Å². The van der Waals surface area contributed by atoms with Crippen LogP contribution in [0.4, 0.5) is 5.69 Å². The van der Waals surface area contributed by atoms with Crippen LogP contribution in [0.1, 0.15) is 78.1 Å². The average molecular weight is 497 g/mol. The molecule has 0 unspecified atom stereocenters. The van der Waals surface area contributed by atoms with Crippen molar-refractivity contribution in [3.05, 3.63) is 63.0 Å². The summed E-state index contributed by atoms with van der Waals surface area (Å²) in [6.45, 7) is 2.38. The Morgan fingerprint density at radius 1 is 0.829 bits per heavy atom. The van der Waals surface area contributed by atoms with Gasteiger partial charge in [-0.2, -0.15) is 0 Å². The molecule has 0 bridgehead atoms. The topological polar surface area (TPSA) is 74.7 Å². The molecule has 2 heterocycles. The lowest BCUT2D eigenvalue weighted by Gasteiger charge is -2.36. The van der Waals surface area contributed by atoms with E-state index in [-0.39, 0.29) is 35.0 Å². The number of hydrogen-bond acceptors (Lipinski definition) is 4. The number of piperazine rings is 1. The molecule has 0 spiro atoms. The number of carbonyl (C=O) groups excluding carboxylic acids is 2. The van der Waals surface area contributed by atoms with E-state index >= 15 is 0 Å². The number of amides is 2. The summed E-state index contributed by atoms with van der Waals surface area (Å²) in [5.41, 5.74) is 0.796. The minimum Gasteiger partial charge on any atom is -0.368 e. The fraction of sp³-hybridized carbons (Fsp3) is 0.519. The van der Waals surface area contributed by atoms with E-state index in [1.807, 2.05) is 28.8 Å². The van der Waals surface area contributed by atoms with Gasteiger partial charge in [0, 0.05) is 61.4 Å². The van der Waals surface area contributed by atoms with Crippen LogP contribution in [0.2, 0.25) is 5.02 Å². The van der Waals surface area contributed by atoms with Crippen LogP contribution in [-0.4, -0.2) is 53.5 Å². The van der Waals surface area contributed by atoms with Crippen LogP contribution in [-0.2, 0) is 0 Å². The Morgan fingerprint density at radius 3 is 2.09 bits per heavy atom. The molecule has 0 radical (unpaired) electrons. The van der Waals surface area contributed by atoms with Gasteiger partial charge in [-0.1, -0.05) is 37.3 Å². The molecule has 1 aliphatic heterocycles. The molecule has 2 aromatic rings. The van der Waals surface area contributed by atoms with Crippen molar-refractivity contribution in [1.29, 1.82) is 0 Å².